The summed E-state index contributed by atoms with van der Waals surface area (Å²) in [6, 6.07) is 11.0. The minimum atomic E-state index is -0.715. The Bertz CT molecular complexity index is 1230. The highest BCUT2D eigenvalue weighted by Gasteiger charge is 2.20. The van der Waals surface area contributed by atoms with Crippen LogP contribution in [-0.4, -0.2) is 36.4 Å². The first-order valence-corrected chi connectivity index (χ1v) is 10.8. The summed E-state index contributed by atoms with van der Waals surface area (Å²) in [7, 11) is 0. The van der Waals surface area contributed by atoms with E-state index in [0.717, 1.165) is 36.3 Å². The molecule has 3 aromatic heterocycles. The fourth-order valence-corrected chi connectivity index (χ4v) is 3.95. The van der Waals surface area contributed by atoms with Gasteiger partial charge in [0.2, 0.25) is 5.13 Å². The number of unbranched alkanes of at least 4 members (excludes halogenated alkanes) is 2. The maximum atomic E-state index is 13.1. The number of hydrogen-bond donors (Lipinski definition) is 2. The normalized spacial score (nSPS) is 11.0. The Labute approximate surface area is 182 Å². The van der Waals surface area contributed by atoms with Gasteiger partial charge in [-0.1, -0.05) is 61.4 Å². The van der Waals surface area contributed by atoms with Crippen molar-refractivity contribution in [2.24, 2.45) is 5.73 Å². The maximum absolute atomic E-state index is 13.1. The number of benzene rings is 1. The van der Waals surface area contributed by atoms with Gasteiger partial charge in [-0.15, -0.1) is 10.2 Å². The van der Waals surface area contributed by atoms with Gasteiger partial charge in [0.1, 0.15) is 17.0 Å². The van der Waals surface area contributed by atoms with Gasteiger partial charge in [-0.25, -0.2) is 9.97 Å². The number of hydrogen-bond acceptors (Lipinski definition) is 7. The van der Waals surface area contributed by atoms with Crippen LogP contribution in [0.3, 0.4) is 0 Å². The SMILES string of the molecule is CCCCCc1nnc(NC(=O)c2cc(-c3ccccc3)nc3c(C(N)=O)ncn23)s1. The summed E-state index contributed by atoms with van der Waals surface area (Å²) in [5, 5.41) is 12.3. The first-order valence-electron chi connectivity index (χ1n) is 9.94. The number of carbonyl (C=O) groups excluding carboxylic acids is 2. The second-order valence-electron chi connectivity index (χ2n) is 6.96. The Morgan fingerprint density at radius 2 is 1.97 bits per heavy atom. The van der Waals surface area contributed by atoms with E-state index < -0.39 is 11.8 Å². The van der Waals surface area contributed by atoms with Crippen LogP contribution in [0.25, 0.3) is 16.9 Å². The van der Waals surface area contributed by atoms with E-state index in [2.05, 4.69) is 32.4 Å². The van der Waals surface area contributed by atoms with Gasteiger partial charge in [0, 0.05) is 12.0 Å². The van der Waals surface area contributed by atoms with Gasteiger partial charge in [0.05, 0.1) is 5.69 Å². The summed E-state index contributed by atoms with van der Waals surface area (Å²) in [4.78, 5) is 33.5. The Kier molecular flexibility index (Phi) is 5.99. The van der Waals surface area contributed by atoms with Crippen molar-refractivity contribution in [3.05, 3.63) is 59.1 Å². The number of nitrogens with two attached hydrogens (primary N) is 1. The van der Waals surface area contributed by atoms with Crippen molar-refractivity contribution in [3.8, 4) is 11.3 Å². The average Bonchev–Trinajstić information content (AvgIpc) is 3.40. The summed E-state index contributed by atoms with van der Waals surface area (Å²) < 4.78 is 1.45. The molecule has 0 spiro atoms. The minimum absolute atomic E-state index is 0.000886. The molecule has 0 fully saturated rings. The molecule has 1 aromatic carbocycles. The van der Waals surface area contributed by atoms with E-state index in [1.54, 1.807) is 6.07 Å². The number of amides is 2. The van der Waals surface area contributed by atoms with Gasteiger partial charge >= 0.3 is 0 Å². The van der Waals surface area contributed by atoms with Crippen LogP contribution in [-0.2, 0) is 6.42 Å². The lowest BCUT2D eigenvalue weighted by atomic mass is 10.1. The molecule has 3 heterocycles. The third kappa shape index (κ3) is 4.43. The summed E-state index contributed by atoms with van der Waals surface area (Å²) in [6.45, 7) is 2.14. The van der Waals surface area contributed by atoms with Crippen molar-refractivity contribution < 1.29 is 9.59 Å². The third-order valence-electron chi connectivity index (χ3n) is 4.72. The van der Waals surface area contributed by atoms with Gasteiger partial charge in [-0.05, 0) is 12.5 Å². The van der Waals surface area contributed by atoms with Crippen LogP contribution in [0.4, 0.5) is 5.13 Å². The molecule has 2 amide bonds. The molecule has 3 N–H and O–H groups in total. The number of carbonyl (C=O) groups is 2. The van der Waals surface area contributed by atoms with Crippen molar-refractivity contribution in [3.63, 3.8) is 0 Å². The van der Waals surface area contributed by atoms with Gasteiger partial charge in [0.15, 0.2) is 11.3 Å². The van der Waals surface area contributed by atoms with Gasteiger partial charge in [0.25, 0.3) is 11.8 Å². The molecule has 10 heteroatoms. The molecule has 0 unspecified atom stereocenters. The summed E-state index contributed by atoms with van der Waals surface area (Å²) in [5.41, 5.74) is 7.24. The molecule has 0 saturated carbocycles. The van der Waals surface area contributed by atoms with Crippen LogP contribution in [0.2, 0.25) is 0 Å². The van der Waals surface area contributed by atoms with Crippen LogP contribution in [0, 0.1) is 0 Å². The topological polar surface area (TPSA) is 128 Å². The van der Waals surface area contributed by atoms with Gasteiger partial charge < -0.3 is 5.73 Å². The molecule has 0 bridgehead atoms. The number of aryl methyl sites for hydroxylation is 1. The van der Waals surface area contributed by atoms with Crippen molar-refractivity contribution >= 4 is 33.9 Å². The standard InChI is InChI=1S/C21H21N7O2S/c1-2-3-5-10-16-26-27-21(31-16)25-20(30)15-11-14(13-8-6-4-7-9-13)24-19-17(18(22)29)23-12-28(15)19/h4,6-9,11-12H,2-3,5,10H2,1H3,(H2,22,29)(H,25,27,30). The molecule has 0 atom stereocenters. The number of nitrogens with zero attached hydrogens (tertiary/aromatic N) is 5. The van der Waals surface area contributed by atoms with Crippen LogP contribution in [0.1, 0.15) is 52.2 Å². The van der Waals surface area contributed by atoms with Crippen molar-refractivity contribution in [1.82, 2.24) is 24.6 Å². The van der Waals surface area contributed by atoms with Crippen molar-refractivity contribution in [1.29, 1.82) is 0 Å². The van der Waals surface area contributed by atoms with Gasteiger partial charge in [-0.3, -0.25) is 19.3 Å². The maximum Gasteiger partial charge on any atom is 0.274 e. The molecular weight excluding hydrogens is 414 g/mol. The number of anilines is 1. The van der Waals surface area contributed by atoms with E-state index in [4.69, 9.17) is 5.73 Å². The predicted molar refractivity (Wildman–Crippen MR) is 118 cm³/mol. The highest BCUT2D eigenvalue weighted by Crippen LogP contribution is 2.23. The van der Waals surface area contributed by atoms with Crippen LogP contribution >= 0.6 is 11.3 Å². The Morgan fingerprint density at radius 1 is 1.16 bits per heavy atom. The second-order valence-corrected chi connectivity index (χ2v) is 8.02. The first-order chi connectivity index (χ1) is 15.1. The molecule has 0 radical (unpaired) electrons. The molecule has 0 aliphatic heterocycles. The number of rotatable bonds is 8. The number of fused-ring (bicyclic) bond motifs is 1. The molecule has 0 aliphatic rings. The second kappa shape index (κ2) is 9.00. The van der Waals surface area contributed by atoms with Crippen LogP contribution < -0.4 is 11.1 Å². The van der Waals surface area contributed by atoms with E-state index in [1.807, 2.05) is 30.3 Å². The van der Waals surface area contributed by atoms with E-state index in [9.17, 15) is 9.59 Å². The van der Waals surface area contributed by atoms with E-state index in [-0.39, 0.29) is 17.0 Å². The van der Waals surface area contributed by atoms with Crippen LogP contribution in [0.15, 0.2) is 42.7 Å². The Balaban J connectivity index is 1.69. The Morgan fingerprint density at radius 3 is 2.71 bits per heavy atom. The van der Waals surface area contributed by atoms with Crippen molar-refractivity contribution in [2.45, 2.75) is 32.6 Å². The predicted octanol–water partition coefficient (Wildman–Crippen LogP) is 3.33. The minimum Gasteiger partial charge on any atom is -0.364 e. The molecule has 0 saturated heterocycles. The fourth-order valence-electron chi connectivity index (χ4n) is 3.17. The van der Waals surface area contributed by atoms with Crippen molar-refractivity contribution in [2.75, 3.05) is 5.32 Å². The summed E-state index contributed by atoms with van der Waals surface area (Å²) in [5.74, 6) is -1.12. The van der Waals surface area contributed by atoms with E-state index >= 15 is 0 Å². The molecular formula is C21H21N7O2S. The number of primary amides is 1. The molecule has 4 aromatic rings. The molecule has 0 aliphatic carbocycles. The Hall–Kier alpha value is -3.66. The summed E-state index contributed by atoms with van der Waals surface area (Å²) >= 11 is 1.35. The van der Waals surface area contributed by atoms with Crippen LogP contribution in [0.5, 0.6) is 0 Å². The zero-order valence-corrected chi connectivity index (χ0v) is 17.7. The average molecular weight is 436 g/mol. The number of aromatic nitrogens is 5. The largest absolute Gasteiger partial charge is 0.364 e. The molecule has 9 nitrogen and oxygen atoms in total. The monoisotopic (exact) mass is 435 g/mol. The lowest BCUT2D eigenvalue weighted by molar-refractivity contribution is 0.0993. The highest BCUT2D eigenvalue weighted by molar-refractivity contribution is 7.15. The zero-order valence-electron chi connectivity index (χ0n) is 16.9. The van der Waals surface area contributed by atoms with E-state index in [1.165, 1.54) is 22.1 Å². The van der Waals surface area contributed by atoms with Gasteiger partial charge in [-0.2, -0.15) is 0 Å². The lowest BCUT2D eigenvalue weighted by Crippen LogP contribution is -2.17. The quantitative estimate of drug-likeness (QED) is 0.409. The summed E-state index contributed by atoms with van der Waals surface area (Å²) in [6.07, 6.45) is 5.49. The molecule has 31 heavy (non-hydrogen) atoms. The lowest BCUT2D eigenvalue weighted by Gasteiger charge is -2.08. The molecule has 158 valence electrons. The third-order valence-corrected chi connectivity index (χ3v) is 5.62. The number of imidazole rings is 1. The smallest absolute Gasteiger partial charge is 0.274 e. The zero-order chi connectivity index (χ0) is 21.8. The highest BCUT2D eigenvalue weighted by atomic mass is 32.1. The first kappa shape index (κ1) is 20.6. The van der Waals surface area contributed by atoms with E-state index in [0.29, 0.717) is 10.8 Å². The molecule has 4 rings (SSSR count). The number of nitrogens with one attached hydrogen (secondary N) is 1. The fraction of sp³-hybridized carbons (Fsp3) is 0.238.